The fourth-order valence-corrected chi connectivity index (χ4v) is 4.03. The molecule has 1 amide bonds. The number of hydrogen-bond acceptors (Lipinski definition) is 5. The fraction of sp³-hybridized carbons (Fsp3) is 0.185. The molecule has 6 nitrogen and oxygen atoms in total. The summed E-state index contributed by atoms with van der Waals surface area (Å²) < 4.78 is 5.81. The minimum absolute atomic E-state index is 0.161. The average molecular weight is 439 g/mol. The molecule has 0 bridgehead atoms. The van der Waals surface area contributed by atoms with Crippen molar-refractivity contribution in [2.75, 3.05) is 43.4 Å². The van der Waals surface area contributed by atoms with Crippen molar-refractivity contribution in [3.8, 4) is 11.5 Å². The summed E-state index contributed by atoms with van der Waals surface area (Å²) in [7, 11) is 2.15. The Bertz CT molecular complexity index is 1250. The summed E-state index contributed by atoms with van der Waals surface area (Å²) in [6, 6.07) is 24.7. The number of nitrogens with zero attached hydrogens (tertiary/aromatic N) is 3. The van der Waals surface area contributed by atoms with Gasteiger partial charge in [-0.25, -0.2) is 0 Å². The Hall–Kier alpha value is -3.90. The second-order valence-corrected chi connectivity index (χ2v) is 8.25. The van der Waals surface area contributed by atoms with Gasteiger partial charge in [-0.2, -0.15) is 0 Å². The number of nitrogens with one attached hydrogen (secondary N) is 1. The molecule has 3 aromatic carbocycles. The van der Waals surface area contributed by atoms with Crippen molar-refractivity contribution in [1.82, 2.24) is 9.88 Å². The molecule has 33 heavy (non-hydrogen) atoms. The maximum atomic E-state index is 12.9. The Morgan fingerprint density at radius 3 is 2.36 bits per heavy atom. The van der Waals surface area contributed by atoms with Crippen molar-refractivity contribution in [3.63, 3.8) is 0 Å². The summed E-state index contributed by atoms with van der Waals surface area (Å²) in [5, 5.41) is 4.07. The number of benzene rings is 3. The molecule has 4 aromatic rings. The summed E-state index contributed by atoms with van der Waals surface area (Å²) >= 11 is 0. The molecule has 166 valence electrons. The van der Waals surface area contributed by atoms with E-state index < -0.39 is 0 Å². The number of fused-ring (bicyclic) bond motifs is 1. The number of ether oxygens (including phenoxy) is 1. The van der Waals surface area contributed by atoms with Gasteiger partial charge < -0.3 is 19.9 Å². The van der Waals surface area contributed by atoms with Gasteiger partial charge in [-0.3, -0.25) is 9.78 Å². The van der Waals surface area contributed by atoms with E-state index in [1.807, 2.05) is 54.7 Å². The molecule has 0 unspecified atom stereocenters. The van der Waals surface area contributed by atoms with Crippen LogP contribution in [0.15, 0.2) is 85.1 Å². The molecule has 0 radical (unpaired) electrons. The van der Waals surface area contributed by atoms with E-state index >= 15 is 0 Å². The highest BCUT2D eigenvalue weighted by Gasteiger charge is 2.17. The van der Waals surface area contributed by atoms with Gasteiger partial charge in [0.15, 0.2) is 0 Å². The van der Waals surface area contributed by atoms with E-state index in [-0.39, 0.29) is 5.91 Å². The molecular weight excluding hydrogens is 412 g/mol. The summed E-state index contributed by atoms with van der Waals surface area (Å²) in [6.45, 7) is 4.02. The Balaban J connectivity index is 1.32. The number of anilines is 2. The second kappa shape index (κ2) is 9.30. The van der Waals surface area contributed by atoms with Crippen molar-refractivity contribution < 1.29 is 9.53 Å². The van der Waals surface area contributed by atoms with E-state index in [4.69, 9.17) is 4.74 Å². The molecule has 1 aromatic heterocycles. The molecule has 1 aliphatic rings. The van der Waals surface area contributed by atoms with Crippen LogP contribution < -0.4 is 15.0 Å². The highest BCUT2D eigenvalue weighted by molar-refractivity contribution is 6.06. The van der Waals surface area contributed by atoms with Crippen LogP contribution in [-0.4, -0.2) is 49.0 Å². The van der Waals surface area contributed by atoms with Crippen LogP contribution in [0.2, 0.25) is 0 Å². The monoisotopic (exact) mass is 438 g/mol. The molecule has 1 fully saturated rings. The predicted octanol–water partition coefficient (Wildman–Crippen LogP) is 5.03. The van der Waals surface area contributed by atoms with Gasteiger partial charge in [0.05, 0.1) is 5.52 Å². The number of para-hydroxylation sites is 1. The first-order valence-corrected chi connectivity index (χ1v) is 11.1. The van der Waals surface area contributed by atoms with Gasteiger partial charge in [0.1, 0.15) is 11.5 Å². The van der Waals surface area contributed by atoms with Crippen LogP contribution in [0.4, 0.5) is 11.4 Å². The van der Waals surface area contributed by atoms with Crippen molar-refractivity contribution in [2.45, 2.75) is 0 Å². The molecule has 0 atom stereocenters. The average Bonchev–Trinajstić information content (AvgIpc) is 2.85. The quantitative estimate of drug-likeness (QED) is 0.474. The molecule has 2 heterocycles. The summed E-state index contributed by atoms with van der Waals surface area (Å²) in [4.78, 5) is 22.1. The first kappa shape index (κ1) is 21.0. The zero-order chi connectivity index (χ0) is 22.6. The molecule has 1 aliphatic heterocycles. The third-order valence-electron chi connectivity index (χ3n) is 5.92. The van der Waals surface area contributed by atoms with Crippen molar-refractivity contribution in [3.05, 3.63) is 90.6 Å². The van der Waals surface area contributed by atoms with Crippen molar-refractivity contribution in [2.24, 2.45) is 0 Å². The molecule has 0 spiro atoms. The largest absolute Gasteiger partial charge is 0.457 e. The van der Waals surface area contributed by atoms with E-state index in [0.717, 1.165) is 54.2 Å². The van der Waals surface area contributed by atoms with Gasteiger partial charge in [-0.1, -0.05) is 18.2 Å². The Labute approximate surface area is 193 Å². The van der Waals surface area contributed by atoms with E-state index in [9.17, 15) is 4.79 Å². The number of amides is 1. The highest BCUT2D eigenvalue weighted by atomic mass is 16.5. The minimum atomic E-state index is -0.161. The van der Waals surface area contributed by atoms with Gasteiger partial charge in [0.25, 0.3) is 5.91 Å². The van der Waals surface area contributed by atoms with Crippen LogP contribution in [0.25, 0.3) is 10.9 Å². The Kier molecular flexibility index (Phi) is 5.91. The topological polar surface area (TPSA) is 57.7 Å². The maximum absolute atomic E-state index is 12.9. The summed E-state index contributed by atoms with van der Waals surface area (Å²) in [5.74, 6) is 1.28. The lowest BCUT2D eigenvalue weighted by Crippen LogP contribution is -2.44. The standard InChI is InChI=1S/C27H26N4O2/c1-30-15-17-31(18-16-30)26-13-14-28-25-12-9-21(19-24(25)26)29-27(32)20-7-10-23(11-8-20)33-22-5-3-2-4-6-22/h2-14,19H,15-18H2,1H3,(H,29,32). The lowest BCUT2D eigenvalue weighted by atomic mass is 10.1. The second-order valence-electron chi connectivity index (χ2n) is 8.25. The number of aromatic nitrogens is 1. The normalized spacial score (nSPS) is 14.3. The number of piperazine rings is 1. The molecule has 0 saturated carbocycles. The minimum Gasteiger partial charge on any atom is -0.457 e. The summed E-state index contributed by atoms with van der Waals surface area (Å²) in [6.07, 6.45) is 1.85. The van der Waals surface area contributed by atoms with Gasteiger partial charge in [-0.15, -0.1) is 0 Å². The number of likely N-dealkylation sites (N-methyl/N-ethyl adjacent to an activating group) is 1. The molecular formula is C27H26N4O2. The van der Waals surface area contributed by atoms with Crippen LogP contribution >= 0.6 is 0 Å². The zero-order valence-electron chi connectivity index (χ0n) is 18.6. The van der Waals surface area contributed by atoms with Crippen LogP contribution in [-0.2, 0) is 0 Å². The van der Waals surface area contributed by atoms with E-state index in [1.165, 1.54) is 0 Å². The molecule has 5 rings (SSSR count). The summed E-state index contributed by atoms with van der Waals surface area (Å²) in [5.41, 5.74) is 3.40. The fourth-order valence-electron chi connectivity index (χ4n) is 4.03. The number of pyridine rings is 1. The lowest BCUT2D eigenvalue weighted by Gasteiger charge is -2.34. The Morgan fingerprint density at radius 1 is 0.879 bits per heavy atom. The van der Waals surface area contributed by atoms with Crippen LogP contribution in [0, 0.1) is 0 Å². The van der Waals surface area contributed by atoms with E-state index in [1.54, 1.807) is 24.3 Å². The van der Waals surface area contributed by atoms with Gasteiger partial charge >= 0.3 is 0 Å². The third kappa shape index (κ3) is 4.81. The van der Waals surface area contributed by atoms with Crippen molar-refractivity contribution in [1.29, 1.82) is 0 Å². The van der Waals surface area contributed by atoms with Crippen LogP contribution in [0.1, 0.15) is 10.4 Å². The highest BCUT2D eigenvalue weighted by Crippen LogP contribution is 2.29. The predicted molar refractivity (Wildman–Crippen MR) is 132 cm³/mol. The Morgan fingerprint density at radius 2 is 1.61 bits per heavy atom. The SMILES string of the molecule is CN1CCN(c2ccnc3ccc(NC(=O)c4ccc(Oc5ccccc5)cc4)cc23)CC1. The lowest BCUT2D eigenvalue weighted by molar-refractivity contribution is 0.102. The van der Waals surface area contributed by atoms with Crippen LogP contribution in [0.3, 0.4) is 0 Å². The molecule has 0 aliphatic carbocycles. The number of carbonyl (C=O) groups excluding carboxylic acids is 1. The van der Waals surface area contributed by atoms with Crippen LogP contribution in [0.5, 0.6) is 11.5 Å². The number of hydrogen-bond donors (Lipinski definition) is 1. The van der Waals surface area contributed by atoms with Crippen molar-refractivity contribution >= 4 is 28.2 Å². The van der Waals surface area contributed by atoms with Gasteiger partial charge in [0.2, 0.25) is 0 Å². The van der Waals surface area contributed by atoms with E-state index in [0.29, 0.717) is 11.3 Å². The number of carbonyl (C=O) groups is 1. The zero-order valence-corrected chi connectivity index (χ0v) is 18.6. The molecule has 1 saturated heterocycles. The van der Waals surface area contributed by atoms with Gasteiger partial charge in [-0.05, 0) is 67.7 Å². The molecule has 6 heteroatoms. The third-order valence-corrected chi connectivity index (χ3v) is 5.92. The first-order valence-electron chi connectivity index (χ1n) is 11.1. The first-order chi connectivity index (χ1) is 16.2. The number of rotatable bonds is 5. The van der Waals surface area contributed by atoms with E-state index in [2.05, 4.69) is 33.2 Å². The smallest absolute Gasteiger partial charge is 0.255 e. The molecule has 1 N–H and O–H groups in total. The van der Waals surface area contributed by atoms with Gasteiger partial charge in [0, 0.05) is 54.7 Å². The maximum Gasteiger partial charge on any atom is 0.255 e.